The van der Waals surface area contributed by atoms with Crippen molar-refractivity contribution < 1.29 is 4.92 Å². The van der Waals surface area contributed by atoms with E-state index < -0.39 is 4.92 Å². The summed E-state index contributed by atoms with van der Waals surface area (Å²) in [7, 11) is 0. The van der Waals surface area contributed by atoms with Crippen LogP contribution in [0.2, 0.25) is 0 Å². The van der Waals surface area contributed by atoms with Gasteiger partial charge in [-0.1, -0.05) is 12.1 Å². The van der Waals surface area contributed by atoms with Crippen LogP contribution in [0.4, 0.5) is 5.69 Å². The average Bonchev–Trinajstić information content (AvgIpc) is 2.76. The Labute approximate surface area is 109 Å². The van der Waals surface area contributed by atoms with E-state index in [0.29, 0.717) is 6.54 Å². The standard InChI is InChI=1S/C12H13N3O2S/c1-9-12(18-8-14-9)7-13-6-10-2-4-11(5-3-10)15(16)17/h2-5,8,13H,6-7H2,1H3. The number of nitrogens with one attached hydrogen (secondary N) is 1. The van der Waals surface area contributed by atoms with Crippen LogP contribution in [0.25, 0.3) is 0 Å². The predicted octanol–water partition coefficient (Wildman–Crippen LogP) is 2.65. The van der Waals surface area contributed by atoms with Crippen LogP contribution in [0.5, 0.6) is 0 Å². The van der Waals surface area contributed by atoms with Gasteiger partial charge in [0.05, 0.1) is 16.1 Å². The number of nitro benzene ring substituents is 1. The molecule has 18 heavy (non-hydrogen) atoms. The quantitative estimate of drug-likeness (QED) is 0.665. The maximum atomic E-state index is 10.5. The molecule has 1 heterocycles. The Bertz CT molecular complexity index is 537. The first-order valence-electron chi connectivity index (χ1n) is 5.50. The summed E-state index contributed by atoms with van der Waals surface area (Å²) in [5.41, 5.74) is 4.04. The number of non-ortho nitro benzene ring substituents is 1. The Morgan fingerprint density at radius 3 is 2.61 bits per heavy atom. The third-order valence-electron chi connectivity index (χ3n) is 2.61. The molecule has 2 aromatic rings. The number of thiazole rings is 1. The highest BCUT2D eigenvalue weighted by atomic mass is 32.1. The molecule has 0 saturated carbocycles. The molecule has 6 heteroatoms. The molecule has 0 bridgehead atoms. The Balaban J connectivity index is 1.87. The van der Waals surface area contributed by atoms with E-state index in [1.165, 1.54) is 17.0 Å². The van der Waals surface area contributed by atoms with Gasteiger partial charge < -0.3 is 5.32 Å². The molecule has 5 nitrogen and oxygen atoms in total. The maximum absolute atomic E-state index is 10.5. The Morgan fingerprint density at radius 1 is 1.33 bits per heavy atom. The van der Waals surface area contributed by atoms with Crippen LogP contribution in [0.3, 0.4) is 0 Å². The highest BCUT2D eigenvalue weighted by Crippen LogP contribution is 2.13. The van der Waals surface area contributed by atoms with Crippen molar-refractivity contribution in [3.8, 4) is 0 Å². The van der Waals surface area contributed by atoms with E-state index >= 15 is 0 Å². The Morgan fingerprint density at radius 2 is 2.06 bits per heavy atom. The average molecular weight is 263 g/mol. The van der Waals surface area contributed by atoms with Gasteiger partial charge in [-0.15, -0.1) is 11.3 Å². The summed E-state index contributed by atoms with van der Waals surface area (Å²) in [6.07, 6.45) is 0. The predicted molar refractivity (Wildman–Crippen MR) is 70.5 cm³/mol. The van der Waals surface area contributed by atoms with Crippen LogP contribution >= 0.6 is 11.3 Å². The third kappa shape index (κ3) is 3.12. The number of rotatable bonds is 5. The molecule has 0 saturated heterocycles. The molecular weight excluding hydrogens is 250 g/mol. The van der Waals surface area contributed by atoms with Gasteiger partial charge in [-0.3, -0.25) is 10.1 Å². The van der Waals surface area contributed by atoms with Crippen molar-refractivity contribution in [2.45, 2.75) is 20.0 Å². The molecule has 0 fully saturated rings. The highest BCUT2D eigenvalue weighted by molar-refractivity contribution is 7.09. The van der Waals surface area contributed by atoms with E-state index in [4.69, 9.17) is 0 Å². The zero-order chi connectivity index (χ0) is 13.0. The van der Waals surface area contributed by atoms with Crippen molar-refractivity contribution in [2.24, 2.45) is 0 Å². The molecule has 0 radical (unpaired) electrons. The summed E-state index contributed by atoms with van der Waals surface area (Å²) in [5.74, 6) is 0. The van der Waals surface area contributed by atoms with E-state index in [0.717, 1.165) is 17.8 Å². The number of hydrogen-bond acceptors (Lipinski definition) is 5. The normalized spacial score (nSPS) is 10.5. The van der Waals surface area contributed by atoms with E-state index in [1.54, 1.807) is 23.5 Å². The number of hydrogen-bond donors (Lipinski definition) is 1. The fourth-order valence-electron chi connectivity index (χ4n) is 1.55. The van der Waals surface area contributed by atoms with E-state index in [2.05, 4.69) is 10.3 Å². The fourth-order valence-corrected chi connectivity index (χ4v) is 2.30. The van der Waals surface area contributed by atoms with Crippen molar-refractivity contribution >= 4 is 17.0 Å². The van der Waals surface area contributed by atoms with Gasteiger partial charge in [-0.2, -0.15) is 0 Å². The van der Waals surface area contributed by atoms with Gasteiger partial charge in [0.25, 0.3) is 5.69 Å². The van der Waals surface area contributed by atoms with Gasteiger partial charge in [-0.05, 0) is 12.5 Å². The summed E-state index contributed by atoms with van der Waals surface area (Å²) >= 11 is 1.63. The number of aryl methyl sites for hydroxylation is 1. The molecule has 0 spiro atoms. The van der Waals surface area contributed by atoms with Crippen LogP contribution in [0.1, 0.15) is 16.1 Å². The number of nitrogens with zero attached hydrogens (tertiary/aromatic N) is 2. The summed E-state index contributed by atoms with van der Waals surface area (Å²) < 4.78 is 0. The van der Waals surface area contributed by atoms with Gasteiger partial charge >= 0.3 is 0 Å². The first-order valence-corrected chi connectivity index (χ1v) is 6.38. The maximum Gasteiger partial charge on any atom is 0.269 e. The Kier molecular flexibility index (Phi) is 4.01. The first kappa shape index (κ1) is 12.7. The van der Waals surface area contributed by atoms with Crippen molar-refractivity contribution in [3.63, 3.8) is 0 Å². The molecule has 1 N–H and O–H groups in total. The summed E-state index contributed by atoms with van der Waals surface area (Å²) in [5, 5.41) is 13.8. The minimum absolute atomic E-state index is 0.122. The van der Waals surface area contributed by atoms with E-state index in [1.807, 2.05) is 12.4 Å². The lowest BCUT2D eigenvalue weighted by atomic mass is 10.2. The zero-order valence-electron chi connectivity index (χ0n) is 9.92. The van der Waals surface area contributed by atoms with E-state index in [9.17, 15) is 10.1 Å². The number of benzene rings is 1. The van der Waals surface area contributed by atoms with Gasteiger partial charge in [0.15, 0.2) is 0 Å². The SMILES string of the molecule is Cc1ncsc1CNCc1ccc([N+](=O)[O-])cc1. The number of nitro groups is 1. The van der Waals surface area contributed by atoms with Gasteiger partial charge in [0.1, 0.15) is 0 Å². The minimum Gasteiger partial charge on any atom is -0.308 e. The molecule has 0 aliphatic rings. The van der Waals surface area contributed by atoms with Crippen LogP contribution < -0.4 is 5.32 Å². The van der Waals surface area contributed by atoms with Crippen molar-refractivity contribution in [1.82, 2.24) is 10.3 Å². The molecule has 0 unspecified atom stereocenters. The minimum atomic E-state index is -0.391. The lowest BCUT2D eigenvalue weighted by Gasteiger charge is -2.03. The van der Waals surface area contributed by atoms with Crippen molar-refractivity contribution in [2.75, 3.05) is 0 Å². The van der Waals surface area contributed by atoms with Crippen LogP contribution in [-0.4, -0.2) is 9.91 Å². The molecule has 0 amide bonds. The second kappa shape index (κ2) is 5.70. The molecule has 1 aromatic carbocycles. The lowest BCUT2D eigenvalue weighted by Crippen LogP contribution is -2.12. The zero-order valence-corrected chi connectivity index (χ0v) is 10.7. The molecule has 1 aromatic heterocycles. The second-order valence-electron chi connectivity index (χ2n) is 3.89. The number of aromatic nitrogens is 1. The van der Waals surface area contributed by atoms with E-state index in [-0.39, 0.29) is 5.69 Å². The second-order valence-corrected chi connectivity index (χ2v) is 4.83. The fraction of sp³-hybridized carbons (Fsp3) is 0.250. The smallest absolute Gasteiger partial charge is 0.269 e. The summed E-state index contributed by atoms with van der Waals surface area (Å²) in [6, 6.07) is 6.58. The van der Waals surface area contributed by atoms with Crippen LogP contribution in [0.15, 0.2) is 29.8 Å². The van der Waals surface area contributed by atoms with Crippen LogP contribution in [0, 0.1) is 17.0 Å². The molecule has 0 aliphatic heterocycles. The van der Waals surface area contributed by atoms with Gasteiger partial charge in [-0.25, -0.2) is 4.98 Å². The van der Waals surface area contributed by atoms with Crippen molar-refractivity contribution in [1.29, 1.82) is 0 Å². The topological polar surface area (TPSA) is 68.1 Å². The Hall–Kier alpha value is -1.79. The molecule has 0 aliphatic carbocycles. The summed E-state index contributed by atoms with van der Waals surface area (Å²) in [4.78, 5) is 15.5. The highest BCUT2D eigenvalue weighted by Gasteiger charge is 2.04. The first-order chi connectivity index (χ1) is 8.66. The molecule has 2 rings (SSSR count). The molecular formula is C12H13N3O2S. The van der Waals surface area contributed by atoms with Crippen LogP contribution in [-0.2, 0) is 13.1 Å². The van der Waals surface area contributed by atoms with Gasteiger partial charge in [0.2, 0.25) is 0 Å². The molecule has 94 valence electrons. The largest absolute Gasteiger partial charge is 0.308 e. The molecule has 0 atom stereocenters. The summed E-state index contributed by atoms with van der Waals surface area (Å²) in [6.45, 7) is 3.45. The monoisotopic (exact) mass is 263 g/mol. The third-order valence-corrected chi connectivity index (χ3v) is 3.54. The van der Waals surface area contributed by atoms with Crippen molar-refractivity contribution in [3.05, 3.63) is 56.0 Å². The van der Waals surface area contributed by atoms with Gasteiger partial charge in [0, 0.05) is 30.1 Å². The lowest BCUT2D eigenvalue weighted by molar-refractivity contribution is -0.384.